The molecule has 3 nitrogen and oxygen atoms in total. The molecule has 88 valence electrons. The molecule has 0 amide bonds. The highest BCUT2D eigenvalue weighted by Gasteiger charge is 2.20. The van der Waals surface area contributed by atoms with Gasteiger partial charge in [0.25, 0.3) is 0 Å². The molecule has 1 aliphatic rings. The zero-order valence-corrected chi connectivity index (χ0v) is 9.68. The Morgan fingerprint density at radius 1 is 1.35 bits per heavy atom. The molecule has 1 heterocycles. The van der Waals surface area contributed by atoms with Crippen LogP contribution in [0.4, 0.5) is 10.1 Å². The van der Waals surface area contributed by atoms with Gasteiger partial charge in [-0.3, -0.25) is 10.8 Å². The quantitative estimate of drug-likeness (QED) is 0.585. The lowest BCUT2D eigenvalue weighted by molar-refractivity contribution is 0.620. The van der Waals surface area contributed by atoms with Crippen LogP contribution in [-0.2, 0) is 12.8 Å². The number of halogens is 1. The Morgan fingerprint density at radius 2 is 2.18 bits per heavy atom. The highest BCUT2D eigenvalue weighted by Crippen LogP contribution is 2.34. The number of aromatic nitrogens is 1. The van der Waals surface area contributed by atoms with Gasteiger partial charge in [0, 0.05) is 16.6 Å². The van der Waals surface area contributed by atoms with Crippen molar-refractivity contribution in [2.75, 3.05) is 5.43 Å². The topological polar surface area (TPSA) is 50.9 Å². The molecule has 1 aliphatic carbocycles. The van der Waals surface area contributed by atoms with E-state index in [9.17, 15) is 4.39 Å². The first-order chi connectivity index (χ1) is 8.22. The molecule has 0 atom stereocenters. The van der Waals surface area contributed by atoms with Gasteiger partial charge in [0.2, 0.25) is 0 Å². The second-order valence-corrected chi connectivity index (χ2v) is 4.48. The number of aryl methyl sites for hydroxylation is 2. The number of nitrogens with two attached hydrogens (primary N) is 1. The number of pyridine rings is 1. The number of rotatable bonds is 1. The molecule has 0 radical (unpaired) electrons. The number of hydrogen-bond donors (Lipinski definition) is 2. The van der Waals surface area contributed by atoms with Gasteiger partial charge in [-0.2, -0.15) is 0 Å². The van der Waals surface area contributed by atoms with Gasteiger partial charge in [-0.15, -0.1) is 0 Å². The molecule has 3 rings (SSSR count). The minimum absolute atomic E-state index is 0.217. The number of anilines is 1. The molecule has 17 heavy (non-hydrogen) atoms. The fourth-order valence-corrected chi connectivity index (χ4v) is 2.60. The summed E-state index contributed by atoms with van der Waals surface area (Å²) in [7, 11) is 0. The number of hydrazine groups is 1. The predicted octanol–water partition coefficient (Wildman–Crippen LogP) is 2.46. The molecule has 2 aromatic rings. The van der Waals surface area contributed by atoms with Crippen molar-refractivity contribution in [3.05, 3.63) is 34.8 Å². The van der Waals surface area contributed by atoms with Crippen molar-refractivity contribution < 1.29 is 4.39 Å². The van der Waals surface area contributed by atoms with Gasteiger partial charge in [0.05, 0.1) is 11.2 Å². The Hall–Kier alpha value is -1.68. The first kappa shape index (κ1) is 10.5. The number of benzene rings is 1. The maximum Gasteiger partial charge on any atom is 0.128 e. The van der Waals surface area contributed by atoms with E-state index in [1.165, 1.54) is 11.6 Å². The average Bonchev–Trinajstić information content (AvgIpc) is 2.79. The van der Waals surface area contributed by atoms with Crippen molar-refractivity contribution in [3.63, 3.8) is 0 Å². The first-order valence-electron chi connectivity index (χ1n) is 5.79. The summed E-state index contributed by atoms with van der Waals surface area (Å²) in [6.07, 6.45) is 3.04. The number of nitrogen functional groups attached to an aromatic ring is 1. The summed E-state index contributed by atoms with van der Waals surface area (Å²) in [5, 5.41) is 0.909. The van der Waals surface area contributed by atoms with Crippen LogP contribution in [0.25, 0.3) is 10.9 Å². The maximum atomic E-state index is 13.5. The third-order valence-electron chi connectivity index (χ3n) is 3.52. The van der Waals surface area contributed by atoms with E-state index in [1.807, 2.05) is 0 Å². The molecule has 0 aliphatic heterocycles. The summed E-state index contributed by atoms with van der Waals surface area (Å²) in [4.78, 5) is 4.59. The van der Waals surface area contributed by atoms with E-state index in [1.54, 1.807) is 13.0 Å². The third kappa shape index (κ3) is 1.41. The van der Waals surface area contributed by atoms with Crippen LogP contribution in [0.1, 0.15) is 23.2 Å². The Bertz CT molecular complexity index is 607. The molecular formula is C13H14FN3. The molecule has 0 fully saturated rings. The van der Waals surface area contributed by atoms with Gasteiger partial charge in [-0.05, 0) is 43.9 Å². The number of nitrogens with zero attached hydrogens (tertiary/aromatic N) is 1. The van der Waals surface area contributed by atoms with Crippen molar-refractivity contribution in [1.82, 2.24) is 4.98 Å². The van der Waals surface area contributed by atoms with Gasteiger partial charge in [0.1, 0.15) is 5.82 Å². The fraction of sp³-hybridized carbons (Fsp3) is 0.308. The lowest BCUT2D eigenvalue weighted by Crippen LogP contribution is -2.11. The predicted molar refractivity (Wildman–Crippen MR) is 66.3 cm³/mol. The number of nitrogens with one attached hydrogen (secondary N) is 1. The van der Waals surface area contributed by atoms with E-state index >= 15 is 0 Å². The Kier molecular flexibility index (Phi) is 2.26. The van der Waals surface area contributed by atoms with E-state index in [2.05, 4.69) is 10.4 Å². The van der Waals surface area contributed by atoms with Gasteiger partial charge in [0.15, 0.2) is 0 Å². The Morgan fingerprint density at radius 3 is 2.94 bits per heavy atom. The summed E-state index contributed by atoms with van der Waals surface area (Å²) in [6.45, 7) is 1.76. The van der Waals surface area contributed by atoms with Gasteiger partial charge in [-0.1, -0.05) is 0 Å². The standard InChI is InChI=1S/C13H14FN3/c1-7-10(14)6-5-9-12(7)16-11-4-2-3-8(11)13(9)17-15/h5-6H,2-4,15H2,1H3,(H,16,17). The summed E-state index contributed by atoms with van der Waals surface area (Å²) in [6, 6.07) is 3.22. The SMILES string of the molecule is Cc1c(F)ccc2c(NN)c3c(nc12)CCC3. The minimum atomic E-state index is -0.217. The smallest absolute Gasteiger partial charge is 0.128 e. The third-order valence-corrected chi connectivity index (χ3v) is 3.52. The second-order valence-electron chi connectivity index (χ2n) is 4.48. The van der Waals surface area contributed by atoms with Gasteiger partial charge in [-0.25, -0.2) is 4.39 Å². The normalized spacial score (nSPS) is 14.1. The van der Waals surface area contributed by atoms with Crippen molar-refractivity contribution in [2.24, 2.45) is 5.84 Å². The van der Waals surface area contributed by atoms with Crippen LogP contribution in [0, 0.1) is 12.7 Å². The van der Waals surface area contributed by atoms with Crippen LogP contribution in [0.5, 0.6) is 0 Å². The van der Waals surface area contributed by atoms with Crippen LogP contribution in [0.3, 0.4) is 0 Å². The average molecular weight is 231 g/mol. The van der Waals surface area contributed by atoms with Crippen LogP contribution in [0.15, 0.2) is 12.1 Å². The van der Waals surface area contributed by atoms with Crippen molar-refractivity contribution in [3.8, 4) is 0 Å². The lowest BCUT2D eigenvalue weighted by atomic mass is 10.0. The Labute approximate surface area is 98.8 Å². The first-order valence-corrected chi connectivity index (χ1v) is 5.79. The van der Waals surface area contributed by atoms with E-state index in [-0.39, 0.29) is 5.82 Å². The van der Waals surface area contributed by atoms with Gasteiger partial charge >= 0.3 is 0 Å². The van der Waals surface area contributed by atoms with Crippen LogP contribution in [0.2, 0.25) is 0 Å². The van der Waals surface area contributed by atoms with E-state index < -0.39 is 0 Å². The van der Waals surface area contributed by atoms with E-state index in [4.69, 9.17) is 5.84 Å². The maximum absolute atomic E-state index is 13.5. The van der Waals surface area contributed by atoms with Gasteiger partial charge < -0.3 is 5.43 Å². The van der Waals surface area contributed by atoms with Crippen LogP contribution >= 0.6 is 0 Å². The zero-order chi connectivity index (χ0) is 12.0. The number of fused-ring (bicyclic) bond motifs is 2. The molecule has 3 N–H and O–H groups in total. The lowest BCUT2D eigenvalue weighted by Gasteiger charge is -2.13. The molecule has 0 saturated heterocycles. The molecule has 0 saturated carbocycles. The van der Waals surface area contributed by atoms with Crippen molar-refractivity contribution in [1.29, 1.82) is 0 Å². The van der Waals surface area contributed by atoms with E-state index in [0.717, 1.165) is 41.5 Å². The van der Waals surface area contributed by atoms with Crippen molar-refractivity contribution in [2.45, 2.75) is 26.2 Å². The number of hydrogen-bond acceptors (Lipinski definition) is 3. The summed E-state index contributed by atoms with van der Waals surface area (Å²) >= 11 is 0. The van der Waals surface area contributed by atoms with E-state index in [0.29, 0.717) is 5.56 Å². The zero-order valence-electron chi connectivity index (χ0n) is 9.68. The van der Waals surface area contributed by atoms with Crippen LogP contribution < -0.4 is 11.3 Å². The summed E-state index contributed by atoms with van der Waals surface area (Å²) in [5.74, 6) is 5.39. The molecular weight excluding hydrogens is 217 g/mol. The highest BCUT2D eigenvalue weighted by atomic mass is 19.1. The fourth-order valence-electron chi connectivity index (χ4n) is 2.60. The largest absolute Gasteiger partial charge is 0.323 e. The summed E-state index contributed by atoms with van der Waals surface area (Å²) in [5.41, 5.74) is 7.22. The Balaban J connectivity index is 2.44. The summed E-state index contributed by atoms with van der Waals surface area (Å²) < 4.78 is 13.5. The minimum Gasteiger partial charge on any atom is -0.323 e. The van der Waals surface area contributed by atoms with Crippen molar-refractivity contribution >= 4 is 16.6 Å². The molecule has 1 aromatic carbocycles. The van der Waals surface area contributed by atoms with Crippen LogP contribution in [-0.4, -0.2) is 4.98 Å². The second kappa shape index (κ2) is 3.67. The monoisotopic (exact) mass is 231 g/mol. The highest BCUT2D eigenvalue weighted by molar-refractivity contribution is 5.95. The molecule has 0 unspecified atom stereocenters. The molecule has 4 heteroatoms. The molecule has 0 bridgehead atoms. The molecule has 0 spiro atoms. The molecule has 1 aromatic heterocycles.